The monoisotopic (exact) mass is 262 g/mol. The van der Waals surface area contributed by atoms with Gasteiger partial charge in [0.25, 0.3) is 0 Å². The van der Waals surface area contributed by atoms with Crippen LogP contribution >= 0.6 is 12.4 Å². The topological polar surface area (TPSA) is 64.4 Å². The molecule has 17 heavy (non-hydrogen) atoms. The second-order valence-electron chi connectivity index (χ2n) is 3.58. The standard InChI is InChI=1S/C10H11FN2O3.ClH/c11-8-2-1-3-9(10(8)13(14)15)16-7-4-5-12-6-7;/h1-3,7,12H,4-6H2;1H/t7-;/m0./s1. The summed E-state index contributed by atoms with van der Waals surface area (Å²) >= 11 is 0. The molecule has 1 aliphatic rings. The number of hydrogen-bond acceptors (Lipinski definition) is 4. The van der Waals surface area contributed by atoms with E-state index >= 15 is 0 Å². The lowest BCUT2D eigenvalue weighted by Gasteiger charge is -2.12. The summed E-state index contributed by atoms with van der Waals surface area (Å²) in [7, 11) is 0. The van der Waals surface area contributed by atoms with Crippen LogP contribution in [0.5, 0.6) is 5.75 Å². The Hall–Kier alpha value is -1.40. The number of ether oxygens (including phenoxy) is 1. The molecule has 2 rings (SSSR count). The number of halogens is 2. The fourth-order valence-corrected chi connectivity index (χ4v) is 1.68. The van der Waals surface area contributed by atoms with Crippen LogP contribution in [0.1, 0.15) is 6.42 Å². The van der Waals surface area contributed by atoms with Crippen LogP contribution in [0.3, 0.4) is 0 Å². The Morgan fingerprint density at radius 1 is 1.53 bits per heavy atom. The zero-order valence-electron chi connectivity index (χ0n) is 8.89. The largest absolute Gasteiger partial charge is 0.482 e. The molecule has 0 amide bonds. The highest BCUT2D eigenvalue weighted by Gasteiger charge is 2.25. The van der Waals surface area contributed by atoms with Gasteiger partial charge < -0.3 is 10.1 Å². The Bertz CT molecular complexity index is 411. The van der Waals surface area contributed by atoms with E-state index in [4.69, 9.17) is 4.74 Å². The number of nitro benzene ring substituents is 1. The van der Waals surface area contributed by atoms with Crippen LogP contribution in [0.15, 0.2) is 18.2 Å². The minimum Gasteiger partial charge on any atom is -0.482 e. The Morgan fingerprint density at radius 3 is 2.88 bits per heavy atom. The van der Waals surface area contributed by atoms with Gasteiger partial charge in [-0.15, -0.1) is 12.4 Å². The van der Waals surface area contributed by atoms with Crippen LogP contribution in [0.25, 0.3) is 0 Å². The number of nitrogens with zero attached hydrogens (tertiary/aromatic N) is 1. The summed E-state index contributed by atoms with van der Waals surface area (Å²) in [6.45, 7) is 1.45. The molecule has 0 aliphatic carbocycles. The lowest BCUT2D eigenvalue weighted by molar-refractivity contribution is -0.388. The van der Waals surface area contributed by atoms with E-state index in [1.165, 1.54) is 12.1 Å². The maximum Gasteiger partial charge on any atom is 0.346 e. The molecule has 1 heterocycles. The zero-order valence-corrected chi connectivity index (χ0v) is 9.71. The molecule has 1 aliphatic heterocycles. The average molecular weight is 263 g/mol. The lowest BCUT2D eigenvalue weighted by Crippen LogP contribution is -2.20. The van der Waals surface area contributed by atoms with Gasteiger partial charge in [0.2, 0.25) is 11.6 Å². The van der Waals surface area contributed by atoms with Crippen LogP contribution in [0.4, 0.5) is 10.1 Å². The number of nitro groups is 1. The third-order valence-electron chi connectivity index (χ3n) is 2.44. The van der Waals surface area contributed by atoms with Gasteiger partial charge in [-0.25, -0.2) is 0 Å². The number of nitrogens with one attached hydrogen (secondary N) is 1. The maximum atomic E-state index is 13.2. The Morgan fingerprint density at radius 2 is 2.29 bits per heavy atom. The molecule has 0 bridgehead atoms. The predicted octanol–water partition coefficient (Wildman–Crippen LogP) is 1.90. The molecular weight excluding hydrogens is 251 g/mol. The molecule has 0 radical (unpaired) electrons. The van der Waals surface area contributed by atoms with E-state index in [2.05, 4.69) is 5.32 Å². The normalized spacial score (nSPS) is 18.5. The fraction of sp³-hybridized carbons (Fsp3) is 0.400. The summed E-state index contributed by atoms with van der Waals surface area (Å²) in [5, 5.41) is 13.8. The molecule has 0 saturated carbocycles. The van der Waals surface area contributed by atoms with Crippen molar-refractivity contribution in [2.24, 2.45) is 0 Å². The van der Waals surface area contributed by atoms with E-state index in [-0.39, 0.29) is 24.3 Å². The zero-order chi connectivity index (χ0) is 11.5. The van der Waals surface area contributed by atoms with Gasteiger partial charge in [-0.05, 0) is 25.1 Å². The second-order valence-corrected chi connectivity index (χ2v) is 3.58. The van der Waals surface area contributed by atoms with Crippen molar-refractivity contribution in [3.05, 3.63) is 34.1 Å². The number of hydrogen-bond donors (Lipinski definition) is 1. The van der Waals surface area contributed by atoms with E-state index in [9.17, 15) is 14.5 Å². The Kier molecular flexibility index (Phi) is 4.65. The minimum atomic E-state index is -0.867. The van der Waals surface area contributed by atoms with Crippen molar-refractivity contribution in [3.63, 3.8) is 0 Å². The molecule has 7 heteroatoms. The number of benzene rings is 1. The van der Waals surface area contributed by atoms with Gasteiger partial charge in [0.05, 0.1) is 4.92 Å². The molecule has 1 fully saturated rings. The van der Waals surface area contributed by atoms with Crippen LogP contribution in [-0.2, 0) is 0 Å². The molecule has 5 nitrogen and oxygen atoms in total. The van der Waals surface area contributed by atoms with Gasteiger partial charge >= 0.3 is 5.69 Å². The fourth-order valence-electron chi connectivity index (χ4n) is 1.68. The van der Waals surface area contributed by atoms with Gasteiger partial charge in [0, 0.05) is 6.54 Å². The van der Waals surface area contributed by atoms with E-state index in [0.29, 0.717) is 6.54 Å². The summed E-state index contributed by atoms with van der Waals surface area (Å²) in [6, 6.07) is 3.87. The van der Waals surface area contributed by atoms with Gasteiger partial charge in [-0.2, -0.15) is 4.39 Å². The lowest BCUT2D eigenvalue weighted by atomic mass is 10.2. The quantitative estimate of drug-likeness (QED) is 0.667. The highest BCUT2D eigenvalue weighted by molar-refractivity contribution is 5.85. The summed E-state index contributed by atoms with van der Waals surface area (Å²) in [6.07, 6.45) is 0.647. The highest BCUT2D eigenvalue weighted by atomic mass is 35.5. The molecule has 0 spiro atoms. The van der Waals surface area contributed by atoms with Crippen molar-refractivity contribution < 1.29 is 14.1 Å². The summed E-state index contributed by atoms with van der Waals surface area (Å²) in [5.41, 5.74) is -0.589. The molecule has 1 atom stereocenters. The van der Waals surface area contributed by atoms with Crippen LogP contribution in [0.2, 0.25) is 0 Å². The van der Waals surface area contributed by atoms with Crippen LogP contribution in [-0.4, -0.2) is 24.1 Å². The number of para-hydroxylation sites is 1. The SMILES string of the molecule is Cl.O=[N+]([O-])c1c(F)cccc1O[C@H]1CCNC1. The third-order valence-corrected chi connectivity index (χ3v) is 2.44. The first-order chi connectivity index (χ1) is 7.68. The molecule has 0 aromatic heterocycles. The molecule has 1 saturated heterocycles. The summed E-state index contributed by atoms with van der Waals surface area (Å²) in [5.74, 6) is -0.868. The van der Waals surface area contributed by atoms with Crippen molar-refractivity contribution in [3.8, 4) is 5.75 Å². The molecule has 1 aromatic carbocycles. The van der Waals surface area contributed by atoms with Crippen LogP contribution < -0.4 is 10.1 Å². The maximum absolute atomic E-state index is 13.2. The molecule has 1 N–H and O–H groups in total. The molecule has 0 unspecified atom stereocenters. The first-order valence-electron chi connectivity index (χ1n) is 4.99. The smallest absolute Gasteiger partial charge is 0.346 e. The Labute approximate surface area is 104 Å². The van der Waals surface area contributed by atoms with E-state index in [1.54, 1.807) is 0 Å². The average Bonchev–Trinajstić information content (AvgIpc) is 2.70. The van der Waals surface area contributed by atoms with Crippen molar-refractivity contribution in [2.75, 3.05) is 13.1 Å². The summed E-state index contributed by atoms with van der Waals surface area (Å²) in [4.78, 5) is 9.93. The highest BCUT2D eigenvalue weighted by Crippen LogP contribution is 2.30. The predicted molar refractivity (Wildman–Crippen MR) is 62.2 cm³/mol. The van der Waals surface area contributed by atoms with E-state index < -0.39 is 16.4 Å². The number of rotatable bonds is 3. The van der Waals surface area contributed by atoms with Gasteiger partial charge in [0.1, 0.15) is 6.10 Å². The third kappa shape index (κ3) is 3.04. The first-order valence-corrected chi connectivity index (χ1v) is 4.99. The van der Waals surface area contributed by atoms with Gasteiger partial charge in [-0.3, -0.25) is 10.1 Å². The van der Waals surface area contributed by atoms with E-state index in [0.717, 1.165) is 19.0 Å². The van der Waals surface area contributed by atoms with E-state index in [1.807, 2.05) is 0 Å². The van der Waals surface area contributed by atoms with Crippen molar-refractivity contribution >= 4 is 18.1 Å². The van der Waals surface area contributed by atoms with Crippen molar-refractivity contribution in [1.29, 1.82) is 0 Å². The molecular formula is C10H12ClFN2O3. The molecule has 94 valence electrons. The Balaban J connectivity index is 0.00000144. The van der Waals surface area contributed by atoms with Crippen LogP contribution in [0, 0.1) is 15.9 Å². The first kappa shape index (κ1) is 13.7. The van der Waals surface area contributed by atoms with Crippen molar-refractivity contribution in [2.45, 2.75) is 12.5 Å². The van der Waals surface area contributed by atoms with Gasteiger partial charge in [0.15, 0.2) is 0 Å². The van der Waals surface area contributed by atoms with Crippen molar-refractivity contribution in [1.82, 2.24) is 5.32 Å². The summed E-state index contributed by atoms with van der Waals surface area (Å²) < 4.78 is 18.6. The van der Waals surface area contributed by atoms with Gasteiger partial charge in [-0.1, -0.05) is 6.07 Å². The molecule has 1 aromatic rings. The minimum absolute atomic E-state index is 0. The second kappa shape index (κ2) is 5.79.